The predicted octanol–water partition coefficient (Wildman–Crippen LogP) is 2.60. The second kappa shape index (κ2) is 5.28. The van der Waals surface area contributed by atoms with Crippen molar-refractivity contribution in [3.05, 3.63) is 71.0 Å². The summed E-state index contributed by atoms with van der Waals surface area (Å²) in [6.45, 7) is 0.706. The summed E-state index contributed by atoms with van der Waals surface area (Å²) in [4.78, 5) is 26.5. The van der Waals surface area contributed by atoms with Gasteiger partial charge in [0.25, 0.3) is 11.8 Å². The van der Waals surface area contributed by atoms with E-state index >= 15 is 0 Å². The lowest BCUT2D eigenvalue weighted by Crippen LogP contribution is -2.43. The Hall–Kier alpha value is -2.53. The third-order valence-corrected chi connectivity index (χ3v) is 4.51. The van der Waals surface area contributed by atoms with Crippen molar-refractivity contribution in [2.24, 2.45) is 0 Å². The summed E-state index contributed by atoms with van der Waals surface area (Å²) in [7, 11) is 0. The first-order chi connectivity index (χ1) is 11.2. The van der Waals surface area contributed by atoms with Gasteiger partial charge in [0.05, 0.1) is 30.4 Å². The highest BCUT2D eigenvalue weighted by Gasteiger charge is 2.45. The van der Waals surface area contributed by atoms with Crippen LogP contribution < -0.4 is 0 Å². The number of rotatable bonds is 2. The fourth-order valence-corrected chi connectivity index (χ4v) is 3.33. The summed E-state index contributed by atoms with van der Waals surface area (Å²) in [6, 6.07) is 12.6. The first-order valence-electron chi connectivity index (χ1n) is 7.47. The molecule has 0 aliphatic carbocycles. The third kappa shape index (κ3) is 2.16. The molecule has 2 aromatic rings. The van der Waals surface area contributed by atoms with E-state index in [1.54, 1.807) is 36.4 Å². The molecule has 4 rings (SSSR count). The lowest BCUT2D eigenvalue weighted by Gasteiger charge is -2.26. The minimum Gasteiger partial charge on any atom is -0.379 e. The highest BCUT2D eigenvalue weighted by atomic mass is 19.1. The number of hydrogen-bond acceptors (Lipinski definition) is 3. The van der Waals surface area contributed by atoms with Crippen LogP contribution in [0.25, 0.3) is 0 Å². The van der Waals surface area contributed by atoms with Crippen molar-refractivity contribution in [1.29, 1.82) is 0 Å². The van der Waals surface area contributed by atoms with Crippen LogP contribution in [0.15, 0.2) is 48.5 Å². The normalized spacial score (nSPS) is 23.4. The van der Waals surface area contributed by atoms with Crippen molar-refractivity contribution < 1.29 is 18.7 Å². The van der Waals surface area contributed by atoms with Crippen LogP contribution in [0, 0.1) is 5.82 Å². The van der Waals surface area contributed by atoms with Crippen molar-refractivity contribution in [2.45, 2.75) is 12.0 Å². The fourth-order valence-electron chi connectivity index (χ4n) is 3.33. The van der Waals surface area contributed by atoms with Crippen molar-refractivity contribution in [1.82, 2.24) is 4.90 Å². The van der Waals surface area contributed by atoms with Gasteiger partial charge in [0, 0.05) is 5.92 Å². The Morgan fingerprint density at radius 2 is 1.52 bits per heavy atom. The van der Waals surface area contributed by atoms with Gasteiger partial charge < -0.3 is 4.74 Å². The van der Waals surface area contributed by atoms with E-state index in [9.17, 15) is 14.0 Å². The summed E-state index contributed by atoms with van der Waals surface area (Å²) in [5.41, 5.74) is 1.73. The molecule has 0 N–H and O–H groups in total. The highest BCUT2D eigenvalue weighted by molar-refractivity contribution is 6.21. The van der Waals surface area contributed by atoms with Crippen molar-refractivity contribution >= 4 is 11.8 Å². The molecule has 1 fully saturated rings. The number of halogens is 1. The summed E-state index contributed by atoms with van der Waals surface area (Å²) < 4.78 is 18.6. The Morgan fingerprint density at radius 1 is 0.913 bits per heavy atom. The molecule has 23 heavy (non-hydrogen) atoms. The maximum absolute atomic E-state index is 13.1. The number of ether oxygens (including phenoxy) is 1. The highest BCUT2D eigenvalue weighted by Crippen LogP contribution is 2.34. The van der Waals surface area contributed by atoms with E-state index in [1.165, 1.54) is 17.0 Å². The minimum atomic E-state index is -0.368. The number of hydrogen-bond donors (Lipinski definition) is 0. The molecule has 2 atom stereocenters. The van der Waals surface area contributed by atoms with E-state index in [4.69, 9.17) is 4.74 Å². The summed E-state index contributed by atoms with van der Waals surface area (Å²) in [6.07, 6.45) is 0. The molecule has 0 bridgehead atoms. The molecule has 2 aliphatic rings. The van der Waals surface area contributed by atoms with Gasteiger partial charge in [-0.25, -0.2) is 4.39 Å². The van der Waals surface area contributed by atoms with Crippen LogP contribution in [0.1, 0.15) is 32.2 Å². The zero-order valence-electron chi connectivity index (χ0n) is 12.2. The maximum Gasteiger partial charge on any atom is 0.261 e. The standard InChI is InChI=1S/C18H14FNO3/c19-12-7-5-11(6-8-12)15-9-23-10-16(15)20-17(21)13-3-1-2-4-14(13)18(20)22/h1-8,15-16H,9-10H2/t15-,16-/m1/s1. The monoisotopic (exact) mass is 311 g/mol. The van der Waals surface area contributed by atoms with E-state index in [2.05, 4.69) is 0 Å². The number of carbonyl (C=O) groups is 2. The number of amides is 2. The zero-order valence-corrected chi connectivity index (χ0v) is 12.2. The molecule has 0 radical (unpaired) electrons. The van der Waals surface area contributed by atoms with Gasteiger partial charge in [-0.3, -0.25) is 14.5 Å². The van der Waals surface area contributed by atoms with Crippen LogP contribution in [0.2, 0.25) is 0 Å². The molecule has 5 heteroatoms. The predicted molar refractivity (Wildman–Crippen MR) is 80.7 cm³/mol. The summed E-state index contributed by atoms with van der Waals surface area (Å²) >= 11 is 0. The number of nitrogens with zero attached hydrogens (tertiary/aromatic N) is 1. The number of imide groups is 1. The van der Waals surface area contributed by atoms with Crippen molar-refractivity contribution in [3.63, 3.8) is 0 Å². The van der Waals surface area contributed by atoms with E-state index in [0.29, 0.717) is 24.3 Å². The van der Waals surface area contributed by atoms with Gasteiger partial charge in [-0.05, 0) is 29.8 Å². The average Bonchev–Trinajstić information content (AvgIpc) is 3.13. The van der Waals surface area contributed by atoms with E-state index in [-0.39, 0.29) is 29.6 Å². The van der Waals surface area contributed by atoms with Crippen LogP contribution in [-0.4, -0.2) is 36.0 Å². The van der Waals surface area contributed by atoms with Crippen molar-refractivity contribution in [2.75, 3.05) is 13.2 Å². The molecule has 116 valence electrons. The largest absolute Gasteiger partial charge is 0.379 e. The molecule has 0 saturated carbocycles. The van der Waals surface area contributed by atoms with Gasteiger partial charge in [-0.15, -0.1) is 0 Å². The molecule has 0 aromatic heterocycles. The number of fused-ring (bicyclic) bond motifs is 1. The SMILES string of the molecule is O=C1c2ccccc2C(=O)N1[C@@H]1COC[C@@H]1c1ccc(F)cc1. The molecule has 2 heterocycles. The van der Waals surface area contributed by atoms with Gasteiger partial charge in [0.2, 0.25) is 0 Å². The zero-order chi connectivity index (χ0) is 16.0. The lowest BCUT2D eigenvalue weighted by atomic mass is 9.93. The first kappa shape index (κ1) is 14.1. The molecular formula is C18H14FNO3. The Morgan fingerprint density at radius 3 is 2.13 bits per heavy atom. The smallest absolute Gasteiger partial charge is 0.261 e. The summed E-state index contributed by atoms with van der Waals surface area (Å²) in [5.74, 6) is -1.02. The van der Waals surface area contributed by atoms with E-state index < -0.39 is 0 Å². The van der Waals surface area contributed by atoms with Gasteiger partial charge in [-0.2, -0.15) is 0 Å². The van der Waals surface area contributed by atoms with E-state index in [0.717, 1.165) is 5.56 Å². The minimum absolute atomic E-state index is 0.141. The summed E-state index contributed by atoms with van der Waals surface area (Å²) in [5, 5.41) is 0. The van der Waals surface area contributed by atoms with Crippen LogP contribution in [0.3, 0.4) is 0 Å². The average molecular weight is 311 g/mol. The topological polar surface area (TPSA) is 46.6 Å². The Bertz CT molecular complexity index is 752. The van der Waals surface area contributed by atoms with Crippen LogP contribution >= 0.6 is 0 Å². The van der Waals surface area contributed by atoms with Crippen LogP contribution in [0.5, 0.6) is 0 Å². The fraction of sp³-hybridized carbons (Fsp3) is 0.222. The van der Waals surface area contributed by atoms with Crippen molar-refractivity contribution in [3.8, 4) is 0 Å². The molecule has 2 amide bonds. The molecule has 1 saturated heterocycles. The second-order valence-electron chi connectivity index (χ2n) is 5.79. The maximum atomic E-state index is 13.1. The molecule has 0 spiro atoms. The Balaban J connectivity index is 1.69. The number of carbonyl (C=O) groups excluding carboxylic acids is 2. The molecule has 4 nitrogen and oxygen atoms in total. The lowest BCUT2D eigenvalue weighted by molar-refractivity contribution is 0.0558. The van der Waals surface area contributed by atoms with Gasteiger partial charge in [-0.1, -0.05) is 24.3 Å². The first-order valence-corrected chi connectivity index (χ1v) is 7.47. The van der Waals surface area contributed by atoms with Gasteiger partial charge in [0.1, 0.15) is 5.82 Å². The number of benzene rings is 2. The molecular weight excluding hydrogens is 297 g/mol. The second-order valence-corrected chi connectivity index (χ2v) is 5.79. The van der Waals surface area contributed by atoms with Gasteiger partial charge in [0.15, 0.2) is 0 Å². The molecule has 2 aromatic carbocycles. The van der Waals surface area contributed by atoms with Crippen LogP contribution in [0.4, 0.5) is 4.39 Å². The molecule has 0 unspecified atom stereocenters. The Labute approximate surface area is 132 Å². The quantitative estimate of drug-likeness (QED) is 0.801. The van der Waals surface area contributed by atoms with Gasteiger partial charge >= 0.3 is 0 Å². The Kier molecular flexibility index (Phi) is 3.23. The van der Waals surface area contributed by atoms with E-state index in [1.807, 2.05) is 0 Å². The molecule has 2 aliphatic heterocycles. The van der Waals surface area contributed by atoms with Crippen LogP contribution in [-0.2, 0) is 4.74 Å². The third-order valence-electron chi connectivity index (χ3n) is 4.51.